The van der Waals surface area contributed by atoms with Crippen molar-refractivity contribution in [3.63, 3.8) is 0 Å². The van der Waals surface area contributed by atoms with Gasteiger partial charge in [-0.15, -0.1) is 10.2 Å². The Morgan fingerprint density at radius 2 is 1.78 bits per heavy atom. The average Bonchev–Trinajstić information content (AvgIpc) is 3.22. The van der Waals surface area contributed by atoms with Gasteiger partial charge < -0.3 is 4.74 Å². The van der Waals surface area contributed by atoms with Crippen molar-refractivity contribution in [2.75, 3.05) is 37.4 Å². The van der Waals surface area contributed by atoms with Crippen molar-refractivity contribution in [1.29, 1.82) is 0 Å². The Labute approximate surface area is 191 Å². The van der Waals surface area contributed by atoms with E-state index in [0.717, 1.165) is 31.1 Å². The summed E-state index contributed by atoms with van der Waals surface area (Å²) in [5, 5.41) is 11.7. The zero-order valence-electron chi connectivity index (χ0n) is 18.5. The third-order valence-electron chi connectivity index (χ3n) is 4.67. The summed E-state index contributed by atoms with van der Waals surface area (Å²) in [5.74, 6) is 0.203. The highest BCUT2D eigenvalue weighted by atomic mass is 32.2. The number of nitrogens with zero attached hydrogens (tertiary/aromatic N) is 4. The van der Waals surface area contributed by atoms with Gasteiger partial charge in [-0.2, -0.15) is 12.7 Å². The van der Waals surface area contributed by atoms with Gasteiger partial charge in [0.25, 0.3) is 0 Å². The third-order valence-corrected chi connectivity index (χ3v) is 7.36. The molecule has 2 aromatic carbocycles. The van der Waals surface area contributed by atoms with Gasteiger partial charge in [0, 0.05) is 19.7 Å². The molecule has 0 atom stereocenters. The summed E-state index contributed by atoms with van der Waals surface area (Å²) in [7, 11) is 0.543. The quantitative estimate of drug-likeness (QED) is 0.537. The normalized spacial score (nSPS) is 11.4. The van der Waals surface area contributed by atoms with Crippen LogP contribution in [0.5, 0.6) is 5.75 Å². The minimum Gasteiger partial charge on any atom is -0.497 e. The summed E-state index contributed by atoms with van der Waals surface area (Å²) >= 11 is 1.20. The number of aromatic nitrogens is 2. The van der Waals surface area contributed by atoms with E-state index in [4.69, 9.17) is 4.74 Å². The molecule has 0 saturated carbocycles. The largest absolute Gasteiger partial charge is 0.497 e. The summed E-state index contributed by atoms with van der Waals surface area (Å²) in [6.07, 6.45) is 0. The monoisotopic (exact) mass is 475 g/mol. The Morgan fingerprint density at radius 1 is 1.09 bits per heavy atom. The SMILES string of the molecule is COc1ccc(-c2nnc(NC(=O)CN(c3cc(C)ccc3C)S(=O)(=O)N(C)C)s2)cc1. The van der Waals surface area contributed by atoms with E-state index in [9.17, 15) is 13.2 Å². The first-order valence-corrected chi connectivity index (χ1v) is 11.9. The summed E-state index contributed by atoms with van der Waals surface area (Å²) in [6.45, 7) is 3.27. The molecule has 1 N–H and O–H groups in total. The number of hydrogen-bond donors (Lipinski definition) is 1. The molecule has 0 unspecified atom stereocenters. The highest BCUT2D eigenvalue weighted by Gasteiger charge is 2.29. The molecule has 0 aliphatic rings. The molecule has 0 fully saturated rings. The van der Waals surface area contributed by atoms with Crippen LogP contribution in [0.25, 0.3) is 10.6 Å². The highest BCUT2D eigenvalue weighted by Crippen LogP contribution is 2.28. The molecule has 0 radical (unpaired) electrons. The fourth-order valence-electron chi connectivity index (χ4n) is 2.89. The van der Waals surface area contributed by atoms with Crippen LogP contribution in [0.15, 0.2) is 42.5 Å². The van der Waals surface area contributed by atoms with E-state index in [2.05, 4.69) is 15.5 Å². The predicted molar refractivity (Wildman–Crippen MR) is 126 cm³/mol. The van der Waals surface area contributed by atoms with Crippen LogP contribution in [0.4, 0.5) is 10.8 Å². The predicted octanol–water partition coefficient (Wildman–Crippen LogP) is 3.08. The van der Waals surface area contributed by atoms with Crippen molar-refractivity contribution >= 4 is 38.3 Å². The van der Waals surface area contributed by atoms with Crippen LogP contribution in [-0.4, -0.2) is 56.6 Å². The van der Waals surface area contributed by atoms with Gasteiger partial charge in [0.15, 0.2) is 0 Å². The molecule has 0 spiro atoms. The van der Waals surface area contributed by atoms with Crippen molar-refractivity contribution in [2.45, 2.75) is 13.8 Å². The minimum absolute atomic E-state index is 0.281. The first kappa shape index (κ1) is 23.6. The molecule has 3 aromatic rings. The number of aryl methyl sites for hydroxylation is 2. The number of hydrogen-bond acceptors (Lipinski definition) is 7. The van der Waals surface area contributed by atoms with Crippen molar-refractivity contribution in [2.24, 2.45) is 0 Å². The van der Waals surface area contributed by atoms with Crippen LogP contribution in [0.1, 0.15) is 11.1 Å². The number of amides is 1. The van der Waals surface area contributed by atoms with Crippen LogP contribution in [0.3, 0.4) is 0 Å². The van der Waals surface area contributed by atoms with Crippen LogP contribution < -0.4 is 14.4 Å². The van der Waals surface area contributed by atoms with Gasteiger partial charge in [0.05, 0.1) is 12.8 Å². The first-order chi connectivity index (χ1) is 15.1. The van der Waals surface area contributed by atoms with Crippen LogP contribution >= 0.6 is 11.3 Å². The number of benzene rings is 2. The molecule has 0 saturated heterocycles. The molecule has 0 aliphatic carbocycles. The smallest absolute Gasteiger partial charge is 0.304 e. The molecule has 3 rings (SSSR count). The number of carbonyl (C=O) groups excluding carboxylic acids is 1. The lowest BCUT2D eigenvalue weighted by Crippen LogP contribution is -2.44. The van der Waals surface area contributed by atoms with E-state index in [1.54, 1.807) is 20.1 Å². The molecule has 170 valence electrons. The van der Waals surface area contributed by atoms with Crippen molar-refractivity contribution in [3.8, 4) is 16.3 Å². The standard InChI is InChI=1S/C21H25N5O4S2/c1-14-6-7-15(2)18(12-14)26(32(28,29)25(3)4)13-19(27)22-21-24-23-20(31-21)16-8-10-17(30-5)11-9-16/h6-12H,13H2,1-5H3,(H,22,24,27). The van der Waals surface area contributed by atoms with Gasteiger partial charge in [-0.3, -0.25) is 10.1 Å². The summed E-state index contributed by atoms with van der Waals surface area (Å²) in [6, 6.07) is 12.8. The molecule has 1 heterocycles. The van der Waals surface area contributed by atoms with E-state index in [-0.39, 0.29) is 5.13 Å². The lowest BCUT2D eigenvalue weighted by molar-refractivity contribution is -0.114. The topological polar surface area (TPSA) is 105 Å². The second-order valence-corrected chi connectivity index (χ2v) is 10.3. The molecule has 1 aromatic heterocycles. The zero-order valence-corrected chi connectivity index (χ0v) is 20.1. The lowest BCUT2D eigenvalue weighted by atomic mass is 10.1. The maximum absolute atomic E-state index is 13.0. The average molecular weight is 476 g/mol. The van der Waals surface area contributed by atoms with E-state index in [1.807, 2.05) is 43.3 Å². The number of carbonyl (C=O) groups is 1. The number of nitrogens with one attached hydrogen (secondary N) is 1. The van der Waals surface area contributed by atoms with E-state index in [0.29, 0.717) is 10.7 Å². The van der Waals surface area contributed by atoms with Gasteiger partial charge in [-0.05, 0) is 55.3 Å². The molecule has 0 bridgehead atoms. The van der Waals surface area contributed by atoms with Crippen LogP contribution in [0.2, 0.25) is 0 Å². The van der Waals surface area contributed by atoms with Crippen molar-refractivity contribution in [3.05, 3.63) is 53.6 Å². The molecule has 0 aliphatic heterocycles. The molecular formula is C21H25N5O4S2. The van der Waals surface area contributed by atoms with Gasteiger partial charge in [-0.25, -0.2) is 4.31 Å². The minimum atomic E-state index is -3.90. The number of methoxy groups -OCH3 is 1. The second-order valence-electron chi connectivity index (χ2n) is 7.28. The highest BCUT2D eigenvalue weighted by molar-refractivity contribution is 7.90. The molecule has 11 heteroatoms. The Kier molecular flexibility index (Phi) is 7.12. The Bertz CT molecular complexity index is 1210. The van der Waals surface area contributed by atoms with Crippen molar-refractivity contribution in [1.82, 2.24) is 14.5 Å². The van der Waals surface area contributed by atoms with E-state index in [1.165, 1.54) is 25.4 Å². The van der Waals surface area contributed by atoms with E-state index < -0.39 is 22.7 Å². The maximum Gasteiger partial charge on any atom is 0.304 e. The summed E-state index contributed by atoms with van der Waals surface area (Å²) in [5.41, 5.74) is 2.91. The van der Waals surface area contributed by atoms with Crippen molar-refractivity contribution < 1.29 is 17.9 Å². The molecule has 1 amide bonds. The first-order valence-electron chi connectivity index (χ1n) is 9.67. The lowest BCUT2D eigenvalue weighted by Gasteiger charge is -2.28. The fraction of sp³-hybridized carbons (Fsp3) is 0.286. The van der Waals surface area contributed by atoms with Gasteiger partial charge in [0.2, 0.25) is 11.0 Å². The second kappa shape index (κ2) is 9.63. The summed E-state index contributed by atoms with van der Waals surface area (Å²) in [4.78, 5) is 12.8. The van der Waals surface area contributed by atoms with E-state index >= 15 is 0 Å². The van der Waals surface area contributed by atoms with Gasteiger partial charge in [-0.1, -0.05) is 23.5 Å². The van der Waals surface area contributed by atoms with Crippen LogP contribution in [-0.2, 0) is 15.0 Å². The third kappa shape index (κ3) is 5.23. The maximum atomic E-state index is 13.0. The Balaban J connectivity index is 1.81. The molecule has 9 nitrogen and oxygen atoms in total. The van der Waals surface area contributed by atoms with Gasteiger partial charge in [0.1, 0.15) is 17.3 Å². The summed E-state index contributed by atoms with van der Waals surface area (Å²) < 4.78 is 33.2. The molecule has 32 heavy (non-hydrogen) atoms. The van der Waals surface area contributed by atoms with Gasteiger partial charge >= 0.3 is 10.2 Å². The number of anilines is 2. The number of rotatable bonds is 8. The fourth-order valence-corrected chi connectivity index (χ4v) is 4.77. The van der Waals surface area contributed by atoms with Crippen LogP contribution in [0, 0.1) is 13.8 Å². The Hall–Kier alpha value is -3.02. The Morgan fingerprint density at radius 3 is 2.41 bits per heavy atom. The number of ether oxygens (including phenoxy) is 1. The zero-order chi connectivity index (χ0) is 23.5. The molecular weight excluding hydrogens is 450 g/mol.